The number of aromatic nitrogens is 1. The fraction of sp³-hybridized carbons (Fsp3) is 0.143. The molecule has 1 atom stereocenters. The lowest BCUT2D eigenvalue weighted by molar-refractivity contribution is 0.247. The molecule has 1 unspecified atom stereocenters. The van der Waals surface area contributed by atoms with Crippen molar-refractivity contribution in [3.05, 3.63) is 142 Å². The Morgan fingerprint density at radius 3 is 2.29 bits per heavy atom. The number of H-pyrrole nitrogens is 1. The molecule has 0 saturated carbocycles. The minimum atomic E-state index is -0.603. The molecule has 0 spiro atoms. The summed E-state index contributed by atoms with van der Waals surface area (Å²) in [5.74, 6) is -0.690. The Labute approximate surface area is 243 Å². The van der Waals surface area contributed by atoms with Crippen molar-refractivity contribution in [1.29, 1.82) is 0 Å². The van der Waals surface area contributed by atoms with E-state index in [4.69, 9.17) is 4.42 Å². The number of aryl methyl sites for hydroxylation is 1. The van der Waals surface area contributed by atoms with Crippen molar-refractivity contribution in [3.63, 3.8) is 0 Å². The van der Waals surface area contributed by atoms with E-state index >= 15 is 0 Å². The normalized spacial score (nSPS) is 11.9. The van der Waals surface area contributed by atoms with Crippen LogP contribution in [0.3, 0.4) is 0 Å². The molecule has 2 amide bonds. The molecule has 2 aromatic heterocycles. The molecule has 2 heterocycles. The highest BCUT2D eigenvalue weighted by Crippen LogP contribution is 2.41. The standard InChI is InChI=1S/C35H31N3O4/c1-38(24-15-6-3-7-16-24)35(41)36-22-12-19-26-25-17-8-10-20-28(25)37-32(26)30(23-13-4-2-5-14-23)31-33(39)27-18-9-11-21-29(27)42-34(31)40/h2-11,13-18,20-21,30,37,39H,12,19,22H2,1H3,(H,36,41). The minimum Gasteiger partial charge on any atom is -0.507 e. The summed E-state index contributed by atoms with van der Waals surface area (Å²) < 4.78 is 5.71. The van der Waals surface area contributed by atoms with E-state index in [2.05, 4.69) is 16.4 Å². The van der Waals surface area contributed by atoms with Crippen LogP contribution in [0, 0.1) is 0 Å². The van der Waals surface area contributed by atoms with Gasteiger partial charge in [-0.15, -0.1) is 0 Å². The van der Waals surface area contributed by atoms with Gasteiger partial charge in [-0.2, -0.15) is 0 Å². The molecule has 210 valence electrons. The van der Waals surface area contributed by atoms with E-state index in [-0.39, 0.29) is 17.3 Å². The third kappa shape index (κ3) is 5.12. The van der Waals surface area contributed by atoms with E-state index < -0.39 is 11.5 Å². The van der Waals surface area contributed by atoms with E-state index in [1.54, 1.807) is 36.2 Å². The summed E-state index contributed by atoms with van der Waals surface area (Å²) in [6, 6.07) is 34.0. The molecule has 0 aliphatic carbocycles. The van der Waals surface area contributed by atoms with Crippen LogP contribution in [0.4, 0.5) is 10.5 Å². The summed E-state index contributed by atoms with van der Waals surface area (Å²) in [7, 11) is 1.74. The fourth-order valence-corrected chi connectivity index (χ4v) is 5.61. The van der Waals surface area contributed by atoms with Gasteiger partial charge in [-0.3, -0.25) is 4.90 Å². The van der Waals surface area contributed by atoms with Gasteiger partial charge in [0.25, 0.3) is 0 Å². The number of carbonyl (C=O) groups is 1. The first-order chi connectivity index (χ1) is 20.5. The van der Waals surface area contributed by atoms with Gasteiger partial charge in [0.15, 0.2) is 0 Å². The van der Waals surface area contributed by atoms with Gasteiger partial charge >= 0.3 is 11.7 Å². The zero-order valence-electron chi connectivity index (χ0n) is 23.2. The number of nitrogens with zero attached hydrogens (tertiary/aromatic N) is 1. The lowest BCUT2D eigenvalue weighted by atomic mass is 9.85. The van der Waals surface area contributed by atoms with Crippen molar-refractivity contribution < 1.29 is 14.3 Å². The van der Waals surface area contributed by atoms with Crippen molar-refractivity contribution in [2.75, 3.05) is 18.5 Å². The first-order valence-corrected chi connectivity index (χ1v) is 14.0. The molecule has 42 heavy (non-hydrogen) atoms. The Bertz CT molecular complexity index is 1910. The molecule has 6 aromatic rings. The van der Waals surface area contributed by atoms with Crippen LogP contribution >= 0.6 is 0 Å². The molecule has 4 aromatic carbocycles. The Morgan fingerprint density at radius 1 is 0.881 bits per heavy atom. The van der Waals surface area contributed by atoms with Crippen LogP contribution in [0.25, 0.3) is 21.9 Å². The van der Waals surface area contributed by atoms with Gasteiger partial charge in [-0.05, 0) is 54.3 Å². The molecule has 0 aliphatic heterocycles. The van der Waals surface area contributed by atoms with E-state index in [1.807, 2.05) is 78.9 Å². The first kappa shape index (κ1) is 26.9. The highest BCUT2D eigenvalue weighted by atomic mass is 16.4. The third-order valence-corrected chi connectivity index (χ3v) is 7.70. The minimum absolute atomic E-state index is 0.0866. The number of hydrogen-bond donors (Lipinski definition) is 3. The lowest BCUT2D eigenvalue weighted by Gasteiger charge is -2.20. The van der Waals surface area contributed by atoms with Crippen LogP contribution in [0.15, 0.2) is 118 Å². The predicted molar refractivity (Wildman–Crippen MR) is 166 cm³/mol. The number of para-hydroxylation sites is 3. The van der Waals surface area contributed by atoms with E-state index in [1.165, 1.54) is 0 Å². The third-order valence-electron chi connectivity index (χ3n) is 7.70. The maximum absolute atomic E-state index is 13.5. The number of benzene rings is 4. The SMILES string of the molecule is CN(C(=O)NCCCc1c(C(c2ccccc2)c2c(O)c3ccccc3oc2=O)[nH]c2ccccc12)c1ccccc1. The van der Waals surface area contributed by atoms with Crippen molar-refractivity contribution in [3.8, 4) is 5.75 Å². The van der Waals surface area contributed by atoms with Gasteiger partial charge < -0.3 is 19.8 Å². The molecular weight excluding hydrogens is 526 g/mol. The summed E-state index contributed by atoms with van der Waals surface area (Å²) in [4.78, 5) is 31.4. The molecule has 0 bridgehead atoms. The number of carbonyl (C=O) groups excluding carboxylic acids is 1. The molecule has 7 nitrogen and oxygen atoms in total. The highest BCUT2D eigenvalue weighted by molar-refractivity contribution is 5.91. The van der Waals surface area contributed by atoms with E-state index in [0.717, 1.165) is 33.4 Å². The highest BCUT2D eigenvalue weighted by Gasteiger charge is 2.30. The van der Waals surface area contributed by atoms with Crippen LogP contribution in [-0.4, -0.2) is 29.7 Å². The first-order valence-electron chi connectivity index (χ1n) is 14.0. The molecule has 3 N–H and O–H groups in total. The second-order valence-electron chi connectivity index (χ2n) is 10.3. The number of anilines is 1. The number of aromatic amines is 1. The van der Waals surface area contributed by atoms with Crippen molar-refractivity contribution in [2.45, 2.75) is 18.8 Å². The summed E-state index contributed by atoms with van der Waals surface area (Å²) >= 11 is 0. The summed E-state index contributed by atoms with van der Waals surface area (Å²) in [5, 5.41) is 16.0. The average molecular weight is 558 g/mol. The van der Waals surface area contributed by atoms with Crippen LogP contribution in [0.2, 0.25) is 0 Å². The molecule has 0 fully saturated rings. The Morgan fingerprint density at radius 2 is 1.52 bits per heavy atom. The van der Waals surface area contributed by atoms with Crippen molar-refractivity contribution in [1.82, 2.24) is 10.3 Å². The quantitative estimate of drug-likeness (QED) is 0.139. The maximum Gasteiger partial charge on any atom is 0.344 e. The maximum atomic E-state index is 13.5. The van der Waals surface area contributed by atoms with Gasteiger partial charge in [0.2, 0.25) is 0 Å². The smallest absolute Gasteiger partial charge is 0.344 e. The number of nitrogens with one attached hydrogen (secondary N) is 2. The van der Waals surface area contributed by atoms with Crippen molar-refractivity contribution in [2.24, 2.45) is 0 Å². The topological polar surface area (TPSA) is 98.6 Å². The molecule has 0 radical (unpaired) electrons. The van der Waals surface area contributed by atoms with Crippen LogP contribution in [0.5, 0.6) is 5.75 Å². The van der Waals surface area contributed by atoms with Gasteiger partial charge in [0.05, 0.1) is 16.9 Å². The van der Waals surface area contributed by atoms with Crippen LogP contribution in [-0.2, 0) is 6.42 Å². The summed E-state index contributed by atoms with van der Waals surface area (Å²) in [5.41, 5.74) is 4.37. The fourth-order valence-electron chi connectivity index (χ4n) is 5.61. The monoisotopic (exact) mass is 557 g/mol. The van der Waals surface area contributed by atoms with Gasteiger partial charge in [0, 0.05) is 35.9 Å². The average Bonchev–Trinajstić information content (AvgIpc) is 3.39. The number of amides is 2. The second kappa shape index (κ2) is 11.7. The Kier molecular flexibility index (Phi) is 7.47. The Hall–Kier alpha value is -5.30. The number of rotatable bonds is 8. The van der Waals surface area contributed by atoms with Gasteiger partial charge in [-0.25, -0.2) is 9.59 Å². The Balaban J connectivity index is 1.37. The molecule has 0 saturated heterocycles. The zero-order chi connectivity index (χ0) is 29.1. The van der Waals surface area contributed by atoms with Gasteiger partial charge in [0.1, 0.15) is 11.3 Å². The number of urea groups is 1. The summed E-state index contributed by atoms with van der Waals surface area (Å²) in [6.07, 6.45) is 1.31. The zero-order valence-corrected chi connectivity index (χ0v) is 23.2. The summed E-state index contributed by atoms with van der Waals surface area (Å²) in [6.45, 7) is 0.467. The number of hydrogen-bond acceptors (Lipinski definition) is 4. The van der Waals surface area contributed by atoms with Crippen molar-refractivity contribution >= 4 is 33.6 Å². The van der Waals surface area contributed by atoms with Gasteiger partial charge in [-0.1, -0.05) is 78.9 Å². The number of aromatic hydroxyl groups is 1. The molecule has 0 aliphatic rings. The number of fused-ring (bicyclic) bond motifs is 2. The van der Waals surface area contributed by atoms with Crippen LogP contribution < -0.4 is 15.8 Å². The second-order valence-corrected chi connectivity index (χ2v) is 10.3. The van der Waals surface area contributed by atoms with E-state index in [9.17, 15) is 14.7 Å². The van der Waals surface area contributed by atoms with E-state index in [0.29, 0.717) is 30.4 Å². The largest absolute Gasteiger partial charge is 0.507 e. The molecule has 7 heteroatoms. The van der Waals surface area contributed by atoms with Crippen LogP contribution in [0.1, 0.15) is 34.7 Å². The predicted octanol–water partition coefficient (Wildman–Crippen LogP) is 6.94. The molecule has 6 rings (SSSR count). The molecular formula is C35H31N3O4. The lowest BCUT2D eigenvalue weighted by Crippen LogP contribution is -2.37.